The molecule has 0 bridgehead atoms. The van der Waals surface area contributed by atoms with Crippen LogP contribution in [0.3, 0.4) is 0 Å². The van der Waals surface area contributed by atoms with Gasteiger partial charge in [0, 0.05) is 38.8 Å². The molecule has 3 rings (SSSR count). The molecule has 5 nitrogen and oxygen atoms in total. The summed E-state index contributed by atoms with van der Waals surface area (Å²) in [5.41, 5.74) is 0.653. The van der Waals surface area contributed by atoms with Crippen molar-refractivity contribution in [2.75, 3.05) is 20.1 Å². The Kier molecular flexibility index (Phi) is 7.55. The Labute approximate surface area is 168 Å². The molecule has 0 spiro atoms. The van der Waals surface area contributed by atoms with E-state index < -0.39 is 11.6 Å². The molecule has 1 unspecified atom stereocenters. The highest BCUT2D eigenvalue weighted by molar-refractivity contribution is 14.0. The van der Waals surface area contributed by atoms with Gasteiger partial charge in [-0.05, 0) is 23.8 Å². The molecule has 1 aromatic carbocycles. The summed E-state index contributed by atoms with van der Waals surface area (Å²) >= 11 is 0. The lowest BCUT2D eigenvalue weighted by atomic mass is 10.2. The van der Waals surface area contributed by atoms with E-state index in [9.17, 15) is 8.78 Å². The van der Waals surface area contributed by atoms with Crippen LogP contribution in [0, 0.1) is 11.6 Å². The van der Waals surface area contributed by atoms with Crippen LogP contribution in [0.2, 0.25) is 0 Å². The summed E-state index contributed by atoms with van der Waals surface area (Å²) < 4.78 is 32.1. The number of likely N-dealkylation sites (tertiary alicyclic amines) is 1. The van der Waals surface area contributed by atoms with E-state index in [1.165, 1.54) is 6.07 Å². The Morgan fingerprint density at radius 1 is 1.31 bits per heavy atom. The van der Waals surface area contributed by atoms with Crippen molar-refractivity contribution in [1.29, 1.82) is 0 Å². The van der Waals surface area contributed by atoms with Crippen LogP contribution in [0.25, 0.3) is 0 Å². The lowest BCUT2D eigenvalue weighted by Gasteiger charge is -2.21. The summed E-state index contributed by atoms with van der Waals surface area (Å²) in [6, 6.07) is 9.43. The van der Waals surface area contributed by atoms with Crippen molar-refractivity contribution in [2.45, 2.75) is 19.1 Å². The summed E-state index contributed by atoms with van der Waals surface area (Å²) in [4.78, 5) is 10.5. The van der Waals surface area contributed by atoms with E-state index in [0.717, 1.165) is 19.0 Å². The van der Waals surface area contributed by atoms with E-state index in [4.69, 9.17) is 4.74 Å². The van der Waals surface area contributed by atoms with Gasteiger partial charge < -0.3 is 15.0 Å². The van der Waals surface area contributed by atoms with Crippen molar-refractivity contribution in [2.24, 2.45) is 4.99 Å². The number of nitrogens with one attached hydrogen (secondary N) is 1. The second-order valence-electron chi connectivity index (χ2n) is 5.79. The molecule has 140 valence electrons. The minimum Gasteiger partial charge on any atom is -0.472 e. The number of pyridine rings is 1. The first-order valence-electron chi connectivity index (χ1n) is 8.13. The molecular weight excluding hydrogens is 453 g/mol. The molecule has 8 heteroatoms. The van der Waals surface area contributed by atoms with Crippen molar-refractivity contribution in [3.63, 3.8) is 0 Å². The van der Waals surface area contributed by atoms with Gasteiger partial charge in [0.15, 0.2) is 17.6 Å². The van der Waals surface area contributed by atoms with Crippen LogP contribution in [0.4, 0.5) is 8.78 Å². The van der Waals surface area contributed by atoms with Crippen molar-refractivity contribution in [3.05, 3.63) is 59.8 Å². The predicted octanol–water partition coefficient (Wildman–Crippen LogP) is 3.21. The summed E-state index contributed by atoms with van der Waals surface area (Å²) in [5, 5.41) is 3.17. The molecule has 0 saturated carbocycles. The molecule has 26 heavy (non-hydrogen) atoms. The third-order valence-electron chi connectivity index (χ3n) is 4.02. The van der Waals surface area contributed by atoms with Crippen LogP contribution in [-0.4, -0.2) is 42.1 Å². The lowest BCUT2D eigenvalue weighted by Crippen LogP contribution is -2.40. The van der Waals surface area contributed by atoms with E-state index in [1.54, 1.807) is 19.3 Å². The second kappa shape index (κ2) is 9.65. The van der Waals surface area contributed by atoms with Crippen LogP contribution in [-0.2, 0) is 6.54 Å². The Balaban J connectivity index is 0.00000243. The number of rotatable bonds is 4. The number of hydrogen-bond acceptors (Lipinski definition) is 3. The molecule has 1 saturated heterocycles. The van der Waals surface area contributed by atoms with Crippen molar-refractivity contribution in [1.82, 2.24) is 15.2 Å². The third-order valence-corrected chi connectivity index (χ3v) is 4.02. The first kappa shape index (κ1) is 20.3. The van der Waals surface area contributed by atoms with E-state index in [-0.39, 0.29) is 30.1 Å². The smallest absolute Gasteiger partial charge is 0.213 e. The normalized spacial score (nSPS) is 17.0. The number of ether oxygens (including phenoxy) is 1. The van der Waals surface area contributed by atoms with Gasteiger partial charge in [0.2, 0.25) is 5.88 Å². The van der Waals surface area contributed by atoms with Gasteiger partial charge in [-0.2, -0.15) is 0 Å². The highest BCUT2D eigenvalue weighted by Gasteiger charge is 2.26. The SMILES string of the molecule is CN=C(NCc1ccc(F)c(F)c1)N1CCC(Oc2ccccn2)C1.I. The Bertz CT molecular complexity index is 745. The first-order valence-corrected chi connectivity index (χ1v) is 8.13. The molecule has 1 atom stereocenters. The number of halogens is 3. The predicted molar refractivity (Wildman–Crippen MR) is 107 cm³/mol. The number of nitrogens with zero attached hydrogens (tertiary/aromatic N) is 3. The Morgan fingerprint density at radius 3 is 2.85 bits per heavy atom. The van der Waals surface area contributed by atoms with Gasteiger partial charge in [-0.25, -0.2) is 13.8 Å². The standard InChI is InChI=1S/C18H20F2N4O.HI/c1-21-18(23-11-13-5-6-15(19)16(20)10-13)24-9-7-14(12-24)25-17-4-2-3-8-22-17;/h2-6,8,10,14H,7,9,11-12H2,1H3,(H,21,23);1H. The van der Waals surface area contributed by atoms with Crippen molar-refractivity contribution < 1.29 is 13.5 Å². The van der Waals surface area contributed by atoms with Gasteiger partial charge in [0.25, 0.3) is 0 Å². The minimum absolute atomic E-state index is 0. The van der Waals surface area contributed by atoms with Gasteiger partial charge in [0.1, 0.15) is 6.10 Å². The highest BCUT2D eigenvalue weighted by Crippen LogP contribution is 2.16. The fourth-order valence-electron chi connectivity index (χ4n) is 2.77. The average molecular weight is 474 g/mol. The molecule has 1 N–H and O–H groups in total. The quantitative estimate of drug-likeness (QED) is 0.420. The van der Waals surface area contributed by atoms with E-state index in [0.29, 0.717) is 30.5 Å². The van der Waals surface area contributed by atoms with Crippen LogP contribution in [0.1, 0.15) is 12.0 Å². The number of hydrogen-bond donors (Lipinski definition) is 1. The first-order chi connectivity index (χ1) is 12.2. The fourth-order valence-corrected chi connectivity index (χ4v) is 2.77. The highest BCUT2D eigenvalue weighted by atomic mass is 127. The molecule has 0 radical (unpaired) electrons. The molecule has 1 aliphatic rings. The van der Waals surface area contributed by atoms with Gasteiger partial charge in [-0.3, -0.25) is 4.99 Å². The van der Waals surface area contributed by atoms with Gasteiger partial charge in [0.05, 0.1) is 6.54 Å². The summed E-state index contributed by atoms with van der Waals surface area (Å²) in [7, 11) is 1.69. The van der Waals surface area contributed by atoms with E-state index in [1.807, 2.05) is 18.2 Å². The zero-order valence-corrected chi connectivity index (χ0v) is 16.7. The van der Waals surface area contributed by atoms with Gasteiger partial charge >= 0.3 is 0 Å². The van der Waals surface area contributed by atoms with E-state index >= 15 is 0 Å². The zero-order chi connectivity index (χ0) is 17.6. The topological polar surface area (TPSA) is 49.8 Å². The molecule has 2 aromatic rings. The number of aliphatic imine (C=N–C) groups is 1. The third kappa shape index (κ3) is 5.26. The second-order valence-corrected chi connectivity index (χ2v) is 5.79. The summed E-state index contributed by atoms with van der Waals surface area (Å²) in [5.74, 6) is -0.377. The molecule has 1 aromatic heterocycles. The fraction of sp³-hybridized carbons (Fsp3) is 0.333. The maximum absolute atomic E-state index is 13.3. The lowest BCUT2D eigenvalue weighted by molar-refractivity contribution is 0.205. The Morgan fingerprint density at radius 2 is 2.15 bits per heavy atom. The van der Waals surface area contributed by atoms with Crippen LogP contribution < -0.4 is 10.1 Å². The maximum Gasteiger partial charge on any atom is 0.213 e. The number of guanidine groups is 1. The molecule has 0 amide bonds. The monoisotopic (exact) mass is 474 g/mol. The molecule has 1 aliphatic heterocycles. The van der Waals surface area contributed by atoms with Crippen LogP contribution in [0.15, 0.2) is 47.6 Å². The Hall–Kier alpha value is -1.97. The number of aromatic nitrogens is 1. The zero-order valence-electron chi connectivity index (χ0n) is 14.4. The van der Waals surface area contributed by atoms with Crippen molar-refractivity contribution >= 4 is 29.9 Å². The molecule has 0 aliphatic carbocycles. The van der Waals surface area contributed by atoms with Gasteiger partial charge in [-0.1, -0.05) is 12.1 Å². The summed E-state index contributed by atoms with van der Waals surface area (Å²) in [6.07, 6.45) is 2.60. The molecule has 1 fully saturated rings. The summed E-state index contributed by atoms with van der Waals surface area (Å²) in [6.45, 7) is 1.86. The molecule has 2 heterocycles. The largest absolute Gasteiger partial charge is 0.472 e. The average Bonchev–Trinajstić information content (AvgIpc) is 3.08. The number of benzene rings is 1. The minimum atomic E-state index is -0.848. The van der Waals surface area contributed by atoms with Gasteiger partial charge in [-0.15, -0.1) is 24.0 Å². The van der Waals surface area contributed by atoms with Crippen LogP contribution in [0.5, 0.6) is 5.88 Å². The van der Waals surface area contributed by atoms with Crippen LogP contribution >= 0.6 is 24.0 Å². The molecular formula is C18H21F2IN4O. The van der Waals surface area contributed by atoms with Crippen molar-refractivity contribution in [3.8, 4) is 5.88 Å². The maximum atomic E-state index is 13.3. The van der Waals surface area contributed by atoms with E-state index in [2.05, 4.69) is 20.2 Å².